The van der Waals surface area contributed by atoms with E-state index < -0.39 is 6.10 Å². The Morgan fingerprint density at radius 3 is 2.71 bits per heavy atom. The number of β-amino-alcohol motifs (C(OH)–C–C–N with tert-alkyl or cyclic N) is 1. The zero-order valence-corrected chi connectivity index (χ0v) is 7.98. The second-order valence-electron chi connectivity index (χ2n) is 3.09. The number of hydrogen-bond donors (Lipinski definition) is 1. The lowest BCUT2D eigenvalue weighted by atomic mass is 10.1. The number of hydrogen-bond acceptors (Lipinski definition) is 4. The average molecular weight is 214 g/mol. The van der Waals surface area contributed by atoms with Crippen LogP contribution in [0.15, 0.2) is 12.4 Å². The van der Waals surface area contributed by atoms with E-state index in [1.165, 1.54) is 17.3 Å². The van der Waals surface area contributed by atoms with Gasteiger partial charge < -0.3 is 10.0 Å². The van der Waals surface area contributed by atoms with Crippen molar-refractivity contribution < 1.29 is 9.90 Å². The zero-order chi connectivity index (χ0) is 10.1. The number of aliphatic hydroxyl groups excluding tert-OH is 1. The molecular weight excluding hydrogens is 206 g/mol. The Bertz CT molecular complexity index is 348. The van der Waals surface area contributed by atoms with Crippen LogP contribution in [0, 0.1) is 0 Å². The van der Waals surface area contributed by atoms with Gasteiger partial charge in [-0.1, -0.05) is 11.6 Å². The molecule has 0 unspecified atom stereocenters. The Hall–Kier alpha value is -1.20. The minimum absolute atomic E-state index is 0.223. The molecule has 0 radical (unpaired) electrons. The third kappa shape index (κ3) is 1.69. The molecule has 2 heterocycles. The van der Waals surface area contributed by atoms with Gasteiger partial charge in [0, 0.05) is 13.1 Å². The molecule has 1 N–H and O–H groups in total. The minimum Gasteiger partial charge on any atom is -0.389 e. The van der Waals surface area contributed by atoms with E-state index in [9.17, 15) is 4.79 Å². The first-order chi connectivity index (χ1) is 6.66. The van der Waals surface area contributed by atoms with Crippen molar-refractivity contribution >= 4 is 17.5 Å². The number of carbonyl (C=O) groups is 1. The second-order valence-corrected chi connectivity index (χ2v) is 3.48. The molecule has 5 nitrogen and oxygen atoms in total. The van der Waals surface area contributed by atoms with Crippen molar-refractivity contribution in [3.05, 3.63) is 23.2 Å². The lowest BCUT2D eigenvalue weighted by molar-refractivity contribution is 0.00547. The average Bonchev–Trinajstić information content (AvgIpc) is 2.13. The summed E-state index contributed by atoms with van der Waals surface area (Å²) in [5, 5.41) is 9.26. The van der Waals surface area contributed by atoms with Gasteiger partial charge in [-0.2, -0.15) is 0 Å². The van der Waals surface area contributed by atoms with Crippen LogP contribution >= 0.6 is 11.6 Å². The number of halogens is 1. The summed E-state index contributed by atoms with van der Waals surface area (Å²) in [6.07, 6.45) is 2.25. The van der Waals surface area contributed by atoms with Crippen molar-refractivity contribution in [2.75, 3.05) is 13.1 Å². The molecule has 1 aromatic heterocycles. The number of amides is 1. The van der Waals surface area contributed by atoms with Gasteiger partial charge in [0.15, 0.2) is 0 Å². The molecule has 0 aliphatic carbocycles. The van der Waals surface area contributed by atoms with Crippen LogP contribution in [0.1, 0.15) is 10.5 Å². The maximum atomic E-state index is 11.6. The highest BCUT2D eigenvalue weighted by atomic mass is 35.5. The largest absolute Gasteiger partial charge is 0.389 e. The lowest BCUT2D eigenvalue weighted by Gasteiger charge is -2.35. The number of nitrogens with zero attached hydrogens (tertiary/aromatic N) is 3. The molecule has 0 atom stereocenters. The maximum absolute atomic E-state index is 11.6. The van der Waals surface area contributed by atoms with Crippen LogP contribution in [-0.2, 0) is 0 Å². The Balaban J connectivity index is 2.08. The van der Waals surface area contributed by atoms with Crippen LogP contribution in [0.3, 0.4) is 0 Å². The van der Waals surface area contributed by atoms with Crippen molar-refractivity contribution in [1.29, 1.82) is 0 Å². The smallest absolute Gasteiger partial charge is 0.274 e. The number of likely N-dealkylation sites (tertiary alicyclic amines) is 1. The second kappa shape index (κ2) is 3.51. The van der Waals surface area contributed by atoms with Crippen molar-refractivity contribution in [2.24, 2.45) is 0 Å². The quantitative estimate of drug-likeness (QED) is 0.710. The fraction of sp³-hybridized carbons (Fsp3) is 0.375. The molecule has 0 aromatic carbocycles. The van der Waals surface area contributed by atoms with Gasteiger partial charge in [-0.25, -0.2) is 9.97 Å². The normalized spacial score (nSPS) is 16.6. The fourth-order valence-electron chi connectivity index (χ4n) is 1.21. The molecule has 2 rings (SSSR count). The summed E-state index contributed by atoms with van der Waals surface area (Å²) >= 11 is 5.53. The van der Waals surface area contributed by atoms with Crippen LogP contribution in [0.25, 0.3) is 0 Å². The Morgan fingerprint density at radius 1 is 1.50 bits per heavy atom. The molecule has 74 valence electrons. The van der Waals surface area contributed by atoms with Crippen LogP contribution in [0.4, 0.5) is 0 Å². The first kappa shape index (κ1) is 9.36. The molecule has 6 heteroatoms. The number of rotatable bonds is 1. The molecule has 1 amide bonds. The number of carbonyl (C=O) groups excluding carboxylic acids is 1. The van der Waals surface area contributed by atoms with Gasteiger partial charge in [0.2, 0.25) is 0 Å². The van der Waals surface area contributed by atoms with E-state index in [2.05, 4.69) is 9.97 Å². The van der Waals surface area contributed by atoms with E-state index in [1.807, 2.05) is 0 Å². The minimum atomic E-state index is -0.404. The molecule has 1 aromatic rings. The summed E-state index contributed by atoms with van der Waals surface area (Å²) in [5.74, 6) is -0.223. The van der Waals surface area contributed by atoms with E-state index in [0.29, 0.717) is 13.1 Å². The molecule has 1 saturated heterocycles. The van der Waals surface area contributed by atoms with Crippen LogP contribution in [0.2, 0.25) is 5.15 Å². The van der Waals surface area contributed by atoms with E-state index in [-0.39, 0.29) is 16.8 Å². The topological polar surface area (TPSA) is 66.3 Å². The third-order valence-electron chi connectivity index (χ3n) is 1.99. The van der Waals surface area contributed by atoms with Gasteiger partial charge in [0.05, 0.1) is 18.5 Å². The van der Waals surface area contributed by atoms with Gasteiger partial charge in [0.1, 0.15) is 10.8 Å². The standard InChI is InChI=1S/C8H8ClN3O2/c9-7-2-10-6(1-11-7)8(14)12-3-5(13)4-12/h1-2,5,13H,3-4H2. The van der Waals surface area contributed by atoms with Gasteiger partial charge in [-0.05, 0) is 0 Å². The zero-order valence-electron chi connectivity index (χ0n) is 7.22. The SMILES string of the molecule is O=C(c1cnc(Cl)cn1)N1CC(O)C1. The summed E-state index contributed by atoms with van der Waals surface area (Å²) in [6, 6.07) is 0. The van der Waals surface area contributed by atoms with E-state index in [1.54, 1.807) is 0 Å². The monoisotopic (exact) mass is 213 g/mol. The van der Waals surface area contributed by atoms with E-state index >= 15 is 0 Å². The predicted molar refractivity (Wildman–Crippen MR) is 49.0 cm³/mol. The van der Waals surface area contributed by atoms with E-state index in [0.717, 1.165) is 0 Å². The van der Waals surface area contributed by atoms with Crippen LogP contribution < -0.4 is 0 Å². The summed E-state index contributed by atoms with van der Waals surface area (Å²) in [6.45, 7) is 0.728. The molecule has 0 spiro atoms. The molecular formula is C8H8ClN3O2. The summed E-state index contributed by atoms with van der Waals surface area (Å²) < 4.78 is 0. The van der Waals surface area contributed by atoms with Gasteiger partial charge in [-0.15, -0.1) is 0 Å². The predicted octanol–water partition coefficient (Wildman–Crippen LogP) is -0.0533. The summed E-state index contributed by atoms with van der Waals surface area (Å²) in [7, 11) is 0. The fourth-order valence-corrected chi connectivity index (χ4v) is 1.30. The van der Waals surface area contributed by atoms with Gasteiger partial charge in [-0.3, -0.25) is 4.79 Å². The highest BCUT2D eigenvalue weighted by Gasteiger charge is 2.30. The first-order valence-electron chi connectivity index (χ1n) is 4.11. The van der Waals surface area contributed by atoms with E-state index in [4.69, 9.17) is 16.7 Å². The highest BCUT2D eigenvalue weighted by Crippen LogP contribution is 2.11. The van der Waals surface area contributed by atoms with Crippen molar-refractivity contribution in [2.45, 2.75) is 6.10 Å². The maximum Gasteiger partial charge on any atom is 0.274 e. The third-order valence-corrected chi connectivity index (χ3v) is 2.18. The molecule has 14 heavy (non-hydrogen) atoms. The number of aliphatic hydroxyl groups is 1. The summed E-state index contributed by atoms with van der Waals surface area (Å²) in [5.41, 5.74) is 0.251. The highest BCUT2D eigenvalue weighted by molar-refractivity contribution is 6.29. The molecule has 0 bridgehead atoms. The lowest BCUT2D eigenvalue weighted by Crippen LogP contribution is -2.53. The molecule has 1 fully saturated rings. The number of aromatic nitrogens is 2. The molecule has 0 saturated carbocycles. The van der Waals surface area contributed by atoms with Crippen molar-refractivity contribution in [3.63, 3.8) is 0 Å². The van der Waals surface area contributed by atoms with Gasteiger partial charge in [0.25, 0.3) is 5.91 Å². The van der Waals surface area contributed by atoms with Crippen LogP contribution in [0.5, 0.6) is 0 Å². The van der Waals surface area contributed by atoms with Crippen molar-refractivity contribution in [1.82, 2.24) is 14.9 Å². The summed E-state index contributed by atoms with van der Waals surface area (Å²) in [4.78, 5) is 20.6. The van der Waals surface area contributed by atoms with Gasteiger partial charge >= 0.3 is 0 Å². The van der Waals surface area contributed by atoms with Crippen LogP contribution in [-0.4, -0.2) is 45.1 Å². The Labute approximate surface area is 85.3 Å². The Morgan fingerprint density at radius 2 is 2.21 bits per heavy atom. The molecule has 1 aliphatic heterocycles. The first-order valence-corrected chi connectivity index (χ1v) is 4.49. The molecule has 1 aliphatic rings. The van der Waals surface area contributed by atoms with Crippen molar-refractivity contribution in [3.8, 4) is 0 Å². The Kier molecular flexibility index (Phi) is 2.35.